The number of likely N-dealkylation sites (tertiary alicyclic amines) is 1. The average Bonchev–Trinajstić information content (AvgIpc) is 2.46. The molecule has 1 aliphatic carbocycles. The third-order valence-electron chi connectivity index (χ3n) is 4.62. The molecule has 2 aliphatic rings. The van der Waals surface area contributed by atoms with Gasteiger partial charge in [0.15, 0.2) is 0 Å². The predicted octanol–water partition coefficient (Wildman–Crippen LogP) is 2.68. The number of carboxylic acids is 1. The summed E-state index contributed by atoms with van der Waals surface area (Å²) in [6.45, 7) is 0.704. The van der Waals surface area contributed by atoms with Gasteiger partial charge in [0, 0.05) is 19.0 Å². The lowest BCUT2D eigenvalue weighted by Crippen LogP contribution is -2.45. The first-order valence-electron chi connectivity index (χ1n) is 7.37. The topological polar surface area (TPSA) is 57.6 Å². The van der Waals surface area contributed by atoms with E-state index in [9.17, 15) is 22.8 Å². The Morgan fingerprint density at radius 3 is 2.14 bits per heavy atom. The SMILES string of the molecule is O=C(O)[C@@H]1CCCN(C(=O)C2CCC(C(F)(F)F)CC2)C1. The molecule has 1 saturated heterocycles. The molecule has 2 fully saturated rings. The van der Waals surface area contributed by atoms with Crippen molar-refractivity contribution in [2.75, 3.05) is 13.1 Å². The summed E-state index contributed by atoms with van der Waals surface area (Å²) in [5, 5.41) is 9.01. The number of carbonyl (C=O) groups is 2. The number of carboxylic acid groups (broad SMARTS) is 1. The standard InChI is InChI=1S/C14H20F3NO3/c15-14(16,17)11-5-3-9(4-6-11)12(19)18-7-1-2-10(8-18)13(20)21/h9-11H,1-8H2,(H,20,21)/t9?,10-,11?/m1/s1. The lowest BCUT2D eigenvalue weighted by Gasteiger charge is -2.36. The smallest absolute Gasteiger partial charge is 0.391 e. The molecule has 1 aliphatic heterocycles. The predicted molar refractivity (Wildman–Crippen MR) is 68.4 cm³/mol. The molecule has 0 radical (unpaired) electrons. The van der Waals surface area contributed by atoms with Crippen molar-refractivity contribution in [1.82, 2.24) is 4.90 Å². The summed E-state index contributed by atoms with van der Waals surface area (Å²) in [7, 11) is 0. The molecule has 0 aromatic heterocycles. The summed E-state index contributed by atoms with van der Waals surface area (Å²) in [4.78, 5) is 24.8. The minimum Gasteiger partial charge on any atom is -0.481 e. The molecule has 0 aromatic rings. The van der Waals surface area contributed by atoms with Gasteiger partial charge in [0.25, 0.3) is 0 Å². The lowest BCUT2D eigenvalue weighted by atomic mass is 9.80. The third-order valence-corrected chi connectivity index (χ3v) is 4.62. The monoisotopic (exact) mass is 307 g/mol. The molecular weight excluding hydrogens is 287 g/mol. The molecule has 0 unspecified atom stereocenters. The molecule has 0 aromatic carbocycles. The van der Waals surface area contributed by atoms with Crippen molar-refractivity contribution in [3.8, 4) is 0 Å². The van der Waals surface area contributed by atoms with E-state index >= 15 is 0 Å². The van der Waals surface area contributed by atoms with Crippen LogP contribution in [0.5, 0.6) is 0 Å². The molecule has 1 N–H and O–H groups in total. The molecule has 7 heteroatoms. The number of nitrogens with zero attached hydrogens (tertiary/aromatic N) is 1. The number of hydrogen-bond acceptors (Lipinski definition) is 2. The fourth-order valence-corrected chi connectivity index (χ4v) is 3.30. The van der Waals surface area contributed by atoms with Crippen LogP contribution >= 0.6 is 0 Å². The maximum absolute atomic E-state index is 12.6. The Morgan fingerprint density at radius 2 is 1.62 bits per heavy atom. The summed E-state index contributed by atoms with van der Waals surface area (Å²) in [6.07, 6.45) is -2.49. The minimum atomic E-state index is -4.17. The highest BCUT2D eigenvalue weighted by molar-refractivity contribution is 5.80. The molecule has 2 rings (SSSR count). The third kappa shape index (κ3) is 3.89. The molecule has 1 atom stereocenters. The molecule has 1 amide bonds. The molecule has 120 valence electrons. The Bertz CT molecular complexity index is 403. The highest BCUT2D eigenvalue weighted by atomic mass is 19.4. The van der Waals surface area contributed by atoms with Crippen molar-refractivity contribution >= 4 is 11.9 Å². The summed E-state index contributed by atoms with van der Waals surface area (Å²) in [5.74, 6) is -3.30. The average molecular weight is 307 g/mol. The zero-order valence-electron chi connectivity index (χ0n) is 11.7. The van der Waals surface area contributed by atoms with Crippen LogP contribution in [0.15, 0.2) is 0 Å². The molecule has 21 heavy (non-hydrogen) atoms. The fourth-order valence-electron chi connectivity index (χ4n) is 3.30. The minimum absolute atomic E-state index is 0.00386. The van der Waals surface area contributed by atoms with Crippen molar-refractivity contribution in [2.45, 2.75) is 44.7 Å². The summed E-state index contributed by atoms with van der Waals surface area (Å²) in [6, 6.07) is 0. The number of alkyl halides is 3. The first-order chi connectivity index (χ1) is 9.79. The van der Waals surface area contributed by atoms with Crippen molar-refractivity contribution < 1.29 is 27.9 Å². The zero-order valence-corrected chi connectivity index (χ0v) is 11.7. The van der Waals surface area contributed by atoms with Gasteiger partial charge in [0.1, 0.15) is 0 Å². The summed E-state index contributed by atoms with van der Waals surface area (Å²) >= 11 is 0. The number of carbonyl (C=O) groups excluding carboxylic acids is 1. The highest BCUT2D eigenvalue weighted by Crippen LogP contribution is 2.40. The first kappa shape index (κ1) is 16.1. The normalized spacial score (nSPS) is 31.0. The van der Waals surface area contributed by atoms with Gasteiger partial charge in [-0.2, -0.15) is 13.2 Å². The first-order valence-corrected chi connectivity index (χ1v) is 7.37. The molecule has 0 spiro atoms. The van der Waals surface area contributed by atoms with Crippen LogP contribution in [0.4, 0.5) is 13.2 Å². The fraction of sp³-hybridized carbons (Fsp3) is 0.857. The number of aliphatic carboxylic acids is 1. The summed E-state index contributed by atoms with van der Waals surface area (Å²) < 4.78 is 37.8. The van der Waals surface area contributed by atoms with Gasteiger partial charge in [-0.25, -0.2) is 0 Å². The van der Waals surface area contributed by atoms with E-state index < -0.39 is 24.0 Å². The van der Waals surface area contributed by atoms with Gasteiger partial charge >= 0.3 is 12.1 Å². The van der Waals surface area contributed by atoms with E-state index in [2.05, 4.69) is 0 Å². The number of piperidine rings is 1. The van der Waals surface area contributed by atoms with Crippen LogP contribution in [-0.4, -0.2) is 41.1 Å². The Morgan fingerprint density at radius 1 is 1.00 bits per heavy atom. The van der Waals surface area contributed by atoms with Gasteiger partial charge in [0.05, 0.1) is 11.8 Å². The van der Waals surface area contributed by atoms with Gasteiger partial charge in [-0.15, -0.1) is 0 Å². The zero-order chi connectivity index (χ0) is 15.6. The number of rotatable bonds is 2. The maximum Gasteiger partial charge on any atom is 0.391 e. The largest absolute Gasteiger partial charge is 0.481 e. The molecule has 1 saturated carbocycles. The van der Waals surface area contributed by atoms with E-state index in [0.717, 1.165) is 0 Å². The van der Waals surface area contributed by atoms with Crippen molar-refractivity contribution in [3.05, 3.63) is 0 Å². The van der Waals surface area contributed by atoms with Crippen molar-refractivity contribution in [3.63, 3.8) is 0 Å². The lowest BCUT2D eigenvalue weighted by molar-refractivity contribution is -0.185. The second-order valence-corrected chi connectivity index (χ2v) is 6.05. The van der Waals surface area contributed by atoms with Crippen LogP contribution in [0.3, 0.4) is 0 Å². The van der Waals surface area contributed by atoms with Crippen LogP contribution in [0, 0.1) is 17.8 Å². The van der Waals surface area contributed by atoms with E-state index in [1.807, 2.05) is 0 Å². The van der Waals surface area contributed by atoms with E-state index in [1.54, 1.807) is 0 Å². The van der Waals surface area contributed by atoms with Crippen LogP contribution in [0.1, 0.15) is 38.5 Å². The quantitative estimate of drug-likeness (QED) is 0.853. The number of amides is 1. The van der Waals surface area contributed by atoms with Crippen LogP contribution in [-0.2, 0) is 9.59 Å². The molecule has 0 bridgehead atoms. The molecule has 1 heterocycles. The van der Waals surface area contributed by atoms with Gasteiger partial charge in [0.2, 0.25) is 5.91 Å². The van der Waals surface area contributed by atoms with Gasteiger partial charge in [-0.05, 0) is 38.5 Å². The number of halogens is 3. The maximum atomic E-state index is 12.6. The molecular formula is C14H20F3NO3. The number of hydrogen-bond donors (Lipinski definition) is 1. The summed E-state index contributed by atoms with van der Waals surface area (Å²) in [5.41, 5.74) is 0. The van der Waals surface area contributed by atoms with E-state index in [1.165, 1.54) is 4.90 Å². The Hall–Kier alpha value is -1.27. The van der Waals surface area contributed by atoms with Gasteiger partial charge in [-0.3, -0.25) is 9.59 Å². The van der Waals surface area contributed by atoms with Crippen LogP contribution < -0.4 is 0 Å². The van der Waals surface area contributed by atoms with E-state index in [4.69, 9.17) is 5.11 Å². The van der Waals surface area contributed by atoms with Gasteiger partial charge < -0.3 is 10.0 Å². The Balaban J connectivity index is 1.88. The second-order valence-electron chi connectivity index (χ2n) is 6.05. The van der Waals surface area contributed by atoms with Crippen molar-refractivity contribution in [1.29, 1.82) is 0 Å². The highest BCUT2D eigenvalue weighted by Gasteiger charge is 2.43. The molecule has 4 nitrogen and oxygen atoms in total. The van der Waals surface area contributed by atoms with Crippen LogP contribution in [0.2, 0.25) is 0 Å². The Kier molecular flexibility index (Phi) is 4.78. The van der Waals surface area contributed by atoms with Gasteiger partial charge in [-0.1, -0.05) is 0 Å². The van der Waals surface area contributed by atoms with E-state index in [0.29, 0.717) is 19.4 Å². The second kappa shape index (κ2) is 6.23. The Labute approximate surface area is 121 Å². The van der Waals surface area contributed by atoms with Crippen LogP contribution in [0.25, 0.3) is 0 Å². The van der Waals surface area contributed by atoms with E-state index in [-0.39, 0.29) is 44.1 Å². The van der Waals surface area contributed by atoms with Crippen molar-refractivity contribution in [2.24, 2.45) is 17.8 Å².